The number of ether oxygens (including phenoxy) is 4. The number of rotatable bonds is 11. The molecular weight excluding hydrogens is 212 g/mol. The van der Waals surface area contributed by atoms with Crippen LogP contribution in [0.3, 0.4) is 0 Å². The van der Waals surface area contributed by atoms with E-state index in [1.54, 1.807) is 14.0 Å². The van der Waals surface area contributed by atoms with Crippen molar-refractivity contribution in [2.24, 2.45) is 5.73 Å². The Morgan fingerprint density at radius 2 is 1.56 bits per heavy atom. The smallest absolute Gasteiger partial charge is 0.120 e. The number of hydrogen-bond acceptors (Lipinski definition) is 5. The van der Waals surface area contributed by atoms with Gasteiger partial charge in [0.2, 0.25) is 0 Å². The molecule has 96 valence electrons. The molecule has 0 aromatic rings. The molecule has 0 rings (SSSR count). The fourth-order valence-electron chi connectivity index (χ4n) is 0.838. The predicted octanol–water partition coefficient (Wildman–Crippen LogP) is 0.00707. The summed E-state index contributed by atoms with van der Waals surface area (Å²) in [6.45, 7) is 4.89. The molecule has 0 aromatic carbocycles. The van der Waals surface area contributed by atoms with E-state index in [-0.39, 0.29) is 11.9 Å². The molecule has 1 atom stereocenters. The van der Waals surface area contributed by atoms with E-state index in [0.29, 0.717) is 39.6 Å². The Morgan fingerprint density at radius 1 is 1.06 bits per heavy atom. The lowest BCUT2D eigenvalue weighted by Gasteiger charge is -2.11. The standard InChI is InChI=1S/C10H22N2O4/c1-9(10(11)12)16-8-7-15-6-5-14-4-3-13-2/h9H,3-8H2,1-2H3,(H3,11,12). The zero-order valence-electron chi connectivity index (χ0n) is 10.0. The van der Waals surface area contributed by atoms with Crippen molar-refractivity contribution in [3.05, 3.63) is 0 Å². The van der Waals surface area contributed by atoms with Crippen LogP contribution in [0.4, 0.5) is 0 Å². The highest BCUT2D eigenvalue weighted by Gasteiger charge is 2.03. The molecule has 0 heterocycles. The molecule has 1 unspecified atom stereocenters. The monoisotopic (exact) mass is 234 g/mol. The van der Waals surface area contributed by atoms with Crippen LogP contribution in [0.25, 0.3) is 0 Å². The minimum atomic E-state index is -0.346. The van der Waals surface area contributed by atoms with Crippen LogP contribution < -0.4 is 5.73 Å². The maximum absolute atomic E-state index is 7.09. The van der Waals surface area contributed by atoms with Gasteiger partial charge in [-0.25, -0.2) is 0 Å². The molecule has 0 aliphatic heterocycles. The van der Waals surface area contributed by atoms with Gasteiger partial charge < -0.3 is 24.7 Å². The van der Waals surface area contributed by atoms with Crippen LogP contribution in [0.1, 0.15) is 6.92 Å². The minimum absolute atomic E-state index is 0.0305. The van der Waals surface area contributed by atoms with Crippen molar-refractivity contribution in [1.29, 1.82) is 5.41 Å². The van der Waals surface area contributed by atoms with Crippen molar-refractivity contribution in [2.75, 3.05) is 46.8 Å². The van der Waals surface area contributed by atoms with Gasteiger partial charge in [0.15, 0.2) is 0 Å². The van der Waals surface area contributed by atoms with Crippen molar-refractivity contribution in [1.82, 2.24) is 0 Å². The summed E-state index contributed by atoms with van der Waals surface area (Å²) in [5.74, 6) is 0.0305. The van der Waals surface area contributed by atoms with Crippen LogP contribution in [0.5, 0.6) is 0 Å². The summed E-state index contributed by atoms with van der Waals surface area (Å²) in [6.07, 6.45) is -0.346. The van der Waals surface area contributed by atoms with E-state index in [4.69, 9.17) is 30.1 Å². The fourth-order valence-corrected chi connectivity index (χ4v) is 0.838. The fraction of sp³-hybridized carbons (Fsp3) is 0.900. The molecule has 3 N–H and O–H groups in total. The first-order chi connectivity index (χ1) is 7.68. The minimum Gasteiger partial charge on any atom is -0.385 e. The SMILES string of the molecule is COCCOCCOCCOC(C)C(=N)N. The Kier molecular flexibility index (Phi) is 10.3. The number of methoxy groups -OCH3 is 1. The van der Waals surface area contributed by atoms with Gasteiger partial charge in [-0.2, -0.15) is 0 Å². The van der Waals surface area contributed by atoms with Gasteiger partial charge in [0.25, 0.3) is 0 Å². The second-order valence-electron chi connectivity index (χ2n) is 3.19. The lowest BCUT2D eigenvalue weighted by Crippen LogP contribution is -2.28. The van der Waals surface area contributed by atoms with Gasteiger partial charge in [-0.3, -0.25) is 5.41 Å². The summed E-state index contributed by atoms with van der Waals surface area (Å²) in [5, 5.41) is 7.09. The van der Waals surface area contributed by atoms with Crippen molar-refractivity contribution < 1.29 is 18.9 Å². The third kappa shape index (κ3) is 9.85. The molecule has 0 aromatic heterocycles. The summed E-state index contributed by atoms with van der Waals surface area (Å²) in [5.41, 5.74) is 5.23. The Balaban J connectivity index is 3.07. The molecule has 16 heavy (non-hydrogen) atoms. The average molecular weight is 234 g/mol. The molecular formula is C10H22N2O4. The van der Waals surface area contributed by atoms with E-state index >= 15 is 0 Å². The number of nitrogens with two attached hydrogens (primary N) is 1. The van der Waals surface area contributed by atoms with Gasteiger partial charge >= 0.3 is 0 Å². The highest BCUT2D eigenvalue weighted by Crippen LogP contribution is 1.89. The summed E-state index contributed by atoms with van der Waals surface area (Å²) in [4.78, 5) is 0. The molecule has 0 spiro atoms. The molecule has 0 aliphatic carbocycles. The molecule has 0 bridgehead atoms. The molecule has 0 radical (unpaired) electrons. The van der Waals surface area contributed by atoms with Gasteiger partial charge in [-0.1, -0.05) is 0 Å². The number of nitrogens with one attached hydrogen (secondary N) is 1. The number of hydrogen-bond donors (Lipinski definition) is 2. The van der Waals surface area contributed by atoms with Gasteiger partial charge in [0.05, 0.1) is 39.6 Å². The largest absolute Gasteiger partial charge is 0.385 e. The van der Waals surface area contributed by atoms with Gasteiger partial charge in [0, 0.05) is 7.11 Å². The van der Waals surface area contributed by atoms with Crippen LogP contribution >= 0.6 is 0 Å². The van der Waals surface area contributed by atoms with E-state index in [2.05, 4.69) is 0 Å². The summed E-state index contributed by atoms with van der Waals surface area (Å²) < 4.78 is 20.5. The first-order valence-corrected chi connectivity index (χ1v) is 5.28. The molecule has 0 saturated heterocycles. The van der Waals surface area contributed by atoms with E-state index in [1.807, 2.05) is 0 Å². The Morgan fingerprint density at radius 3 is 2.06 bits per heavy atom. The third-order valence-electron chi connectivity index (χ3n) is 1.84. The van der Waals surface area contributed by atoms with Crippen LogP contribution in [0.15, 0.2) is 0 Å². The van der Waals surface area contributed by atoms with Gasteiger partial charge in [0.1, 0.15) is 11.9 Å². The van der Waals surface area contributed by atoms with Crippen molar-refractivity contribution >= 4 is 5.84 Å². The second kappa shape index (κ2) is 10.8. The summed E-state index contributed by atoms with van der Waals surface area (Å²) in [6, 6.07) is 0. The van der Waals surface area contributed by atoms with Gasteiger partial charge in [-0.15, -0.1) is 0 Å². The van der Waals surface area contributed by atoms with Crippen LogP contribution in [0, 0.1) is 5.41 Å². The van der Waals surface area contributed by atoms with E-state index in [1.165, 1.54) is 0 Å². The number of amidine groups is 1. The molecule has 0 aliphatic rings. The van der Waals surface area contributed by atoms with Crippen LogP contribution in [-0.4, -0.2) is 58.7 Å². The maximum Gasteiger partial charge on any atom is 0.120 e. The Hall–Kier alpha value is -0.690. The maximum atomic E-state index is 7.09. The van der Waals surface area contributed by atoms with Crippen LogP contribution in [0.2, 0.25) is 0 Å². The molecule has 0 saturated carbocycles. The first-order valence-electron chi connectivity index (χ1n) is 5.28. The van der Waals surface area contributed by atoms with Gasteiger partial charge in [-0.05, 0) is 6.92 Å². The average Bonchev–Trinajstić information content (AvgIpc) is 2.26. The highest BCUT2D eigenvalue weighted by atomic mass is 16.6. The van der Waals surface area contributed by atoms with Crippen molar-refractivity contribution in [3.63, 3.8) is 0 Å². The van der Waals surface area contributed by atoms with E-state index < -0.39 is 0 Å². The first kappa shape index (κ1) is 15.3. The molecule has 0 fully saturated rings. The topological polar surface area (TPSA) is 86.8 Å². The highest BCUT2D eigenvalue weighted by molar-refractivity contribution is 5.81. The predicted molar refractivity (Wildman–Crippen MR) is 60.8 cm³/mol. The summed E-state index contributed by atoms with van der Waals surface area (Å²) in [7, 11) is 1.63. The molecule has 6 nitrogen and oxygen atoms in total. The Labute approximate surface area is 96.5 Å². The van der Waals surface area contributed by atoms with E-state index in [0.717, 1.165) is 0 Å². The lowest BCUT2D eigenvalue weighted by atomic mass is 10.4. The zero-order chi connectivity index (χ0) is 12.2. The van der Waals surface area contributed by atoms with Crippen molar-refractivity contribution in [3.8, 4) is 0 Å². The van der Waals surface area contributed by atoms with Crippen LogP contribution in [-0.2, 0) is 18.9 Å². The Bertz CT molecular complexity index is 178. The third-order valence-corrected chi connectivity index (χ3v) is 1.84. The molecule has 6 heteroatoms. The normalized spacial score (nSPS) is 12.6. The molecule has 0 amide bonds. The summed E-state index contributed by atoms with van der Waals surface area (Å²) >= 11 is 0. The quantitative estimate of drug-likeness (QED) is 0.299. The van der Waals surface area contributed by atoms with Crippen molar-refractivity contribution in [2.45, 2.75) is 13.0 Å². The zero-order valence-corrected chi connectivity index (χ0v) is 10.0. The second-order valence-corrected chi connectivity index (χ2v) is 3.19. The van der Waals surface area contributed by atoms with E-state index in [9.17, 15) is 0 Å². The lowest BCUT2D eigenvalue weighted by molar-refractivity contribution is -0.00118.